The number of ether oxygens (including phenoxy) is 1. The molecule has 0 aliphatic carbocycles. The van der Waals surface area contributed by atoms with Crippen molar-refractivity contribution in [2.75, 3.05) is 6.61 Å². The molecule has 2 aliphatic heterocycles. The molecule has 0 radical (unpaired) electrons. The molecular weight excluding hydrogens is 378 g/mol. The molecule has 26 heavy (non-hydrogen) atoms. The van der Waals surface area contributed by atoms with Crippen LogP contribution in [0.2, 0.25) is 0 Å². The Bertz CT molecular complexity index is 770. The van der Waals surface area contributed by atoms with E-state index in [0.29, 0.717) is 4.91 Å². The number of carboxylic acid groups (broad SMARTS) is 1. The van der Waals surface area contributed by atoms with Crippen molar-refractivity contribution in [3.8, 4) is 0 Å². The number of nitrogens with one attached hydrogen (secondary N) is 1. The number of carboxylic acids is 1. The summed E-state index contributed by atoms with van der Waals surface area (Å²) in [6.07, 6.45) is 3.90. The molecule has 0 spiro atoms. The topological polar surface area (TPSA) is 109 Å². The standard InChI is InChI=1S/C16H15N3O5S2/c1-2-7-24-16(23)18-11-13(20)19-12(15(21)22)10(8-25-14(11)19)26-9-3-5-17-6-4-9/h2-6,8,11-12,14H,1,7H2,(H,18,23)(H,21,22)/t11-,12?,14-/m1/s1. The van der Waals surface area contributed by atoms with Gasteiger partial charge in [-0.15, -0.1) is 11.8 Å². The van der Waals surface area contributed by atoms with Crippen molar-refractivity contribution in [3.05, 3.63) is 47.5 Å². The Morgan fingerprint density at radius 2 is 2.19 bits per heavy atom. The fourth-order valence-electron chi connectivity index (χ4n) is 2.54. The number of thioether (sulfide) groups is 2. The average Bonchev–Trinajstić information content (AvgIpc) is 2.64. The molecule has 2 amide bonds. The highest BCUT2D eigenvalue weighted by molar-refractivity contribution is 8.06. The molecule has 2 aliphatic rings. The summed E-state index contributed by atoms with van der Waals surface area (Å²) in [7, 11) is 0. The highest BCUT2D eigenvalue weighted by Crippen LogP contribution is 2.44. The minimum atomic E-state index is -1.12. The van der Waals surface area contributed by atoms with Crippen LogP contribution < -0.4 is 5.32 Å². The van der Waals surface area contributed by atoms with E-state index < -0.39 is 35.4 Å². The number of pyridine rings is 1. The van der Waals surface area contributed by atoms with Gasteiger partial charge in [-0.3, -0.25) is 9.78 Å². The third kappa shape index (κ3) is 3.56. The maximum atomic E-state index is 12.4. The van der Waals surface area contributed by atoms with Crippen LogP contribution in [0.25, 0.3) is 0 Å². The predicted molar refractivity (Wildman–Crippen MR) is 96.3 cm³/mol. The van der Waals surface area contributed by atoms with Crippen LogP contribution in [0, 0.1) is 0 Å². The molecule has 0 saturated carbocycles. The third-order valence-electron chi connectivity index (χ3n) is 3.68. The number of carbonyl (C=O) groups excluding carboxylic acids is 2. The van der Waals surface area contributed by atoms with Gasteiger partial charge in [0.15, 0.2) is 6.04 Å². The van der Waals surface area contributed by atoms with Gasteiger partial charge in [0.05, 0.1) is 0 Å². The van der Waals surface area contributed by atoms with E-state index in [1.54, 1.807) is 29.9 Å². The van der Waals surface area contributed by atoms with Gasteiger partial charge >= 0.3 is 12.1 Å². The summed E-state index contributed by atoms with van der Waals surface area (Å²) in [5.41, 5.74) is 0. The van der Waals surface area contributed by atoms with Gasteiger partial charge in [-0.25, -0.2) is 9.59 Å². The Morgan fingerprint density at radius 1 is 1.46 bits per heavy atom. The van der Waals surface area contributed by atoms with Gasteiger partial charge in [-0.1, -0.05) is 24.4 Å². The van der Waals surface area contributed by atoms with Crippen molar-refractivity contribution in [2.24, 2.45) is 0 Å². The van der Waals surface area contributed by atoms with E-state index >= 15 is 0 Å². The van der Waals surface area contributed by atoms with Gasteiger partial charge in [0.1, 0.15) is 18.0 Å². The molecule has 1 saturated heterocycles. The quantitative estimate of drug-likeness (QED) is 0.555. The average molecular weight is 393 g/mol. The minimum Gasteiger partial charge on any atom is -0.479 e. The first-order valence-corrected chi connectivity index (χ1v) is 9.31. The molecule has 0 aromatic carbocycles. The molecule has 1 aromatic heterocycles. The number of β-lactam (4-membered cyclic amide) rings is 1. The first-order valence-electron chi connectivity index (χ1n) is 7.55. The van der Waals surface area contributed by atoms with Crippen LogP contribution in [0.5, 0.6) is 0 Å². The molecule has 3 atom stereocenters. The monoisotopic (exact) mass is 393 g/mol. The van der Waals surface area contributed by atoms with E-state index in [1.807, 2.05) is 0 Å². The SMILES string of the molecule is C=CCOC(=O)N[C@@H]1C(=O)N2C(C(=O)O)C(Sc3ccncc3)=CS[C@H]12. The lowest BCUT2D eigenvalue weighted by Crippen LogP contribution is -2.73. The van der Waals surface area contributed by atoms with E-state index in [2.05, 4.69) is 16.9 Å². The number of carbonyl (C=O) groups is 3. The predicted octanol–water partition coefficient (Wildman–Crippen LogP) is 1.66. The van der Waals surface area contributed by atoms with Crippen LogP contribution in [-0.2, 0) is 14.3 Å². The Labute approximate surface area is 157 Å². The van der Waals surface area contributed by atoms with Crippen molar-refractivity contribution in [1.82, 2.24) is 15.2 Å². The number of hydrogen-bond acceptors (Lipinski definition) is 7. The molecule has 1 fully saturated rings. The normalized spacial score (nSPS) is 24.0. The van der Waals surface area contributed by atoms with Crippen LogP contribution >= 0.6 is 23.5 Å². The number of alkyl carbamates (subject to hydrolysis) is 1. The van der Waals surface area contributed by atoms with E-state index in [0.717, 1.165) is 4.90 Å². The maximum absolute atomic E-state index is 12.4. The van der Waals surface area contributed by atoms with Crippen molar-refractivity contribution < 1.29 is 24.2 Å². The van der Waals surface area contributed by atoms with Crippen molar-refractivity contribution >= 4 is 41.5 Å². The van der Waals surface area contributed by atoms with Gasteiger partial charge < -0.3 is 20.1 Å². The molecule has 1 aromatic rings. The van der Waals surface area contributed by atoms with Crippen LogP contribution in [-0.4, -0.2) is 57.0 Å². The smallest absolute Gasteiger partial charge is 0.408 e. The summed E-state index contributed by atoms with van der Waals surface area (Å²) in [5, 5.41) is 13.3. The first kappa shape index (κ1) is 18.3. The summed E-state index contributed by atoms with van der Waals surface area (Å²) >= 11 is 2.56. The largest absolute Gasteiger partial charge is 0.479 e. The number of rotatable bonds is 6. The second-order valence-corrected chi connectivity index (χ2v) is 7.47. The van der Waals surface area contributed by atoms with Gasteiger partial charge in [0, 0.05) is 22.2 Å². The number of fused-ring (bicyclic) bond motifs is 1. The molecule has 0 bridgehead atoms. The van der Waals surface area contributed by atoms with Gasteiger partial charge in [-0.2, -0.15) is 0 Å². The molecule has 3 rings (SSSR count). The number of amides is 2. The molecular formula is C16H15N3O5S2. The van der Waals surface area contributed by atoms with Crippen LogP contribution in [0.15, 0.2) is 52.4 Å². The van der Waals surface area contributed by atoms with Crippen molar-refractivity contribution in [3.63, 3.8) is 0 Å². The van der Waals surface area contributed by atoms with Gasteiger partial charge in [-0.05, 0) is 17.5 Å². The van der Waals surface area contributed by atoms with E-state index in [1.165, 1.54) is 34.5 Å². The molecule has 10 heteroatoms. The van der Waals surface area contributed by atoms with Crippen LogP contribution in [0.4, 0.5) is 4.79 Å². The summed E-state index contributed by atoms with van der Waals surface area (Å²) in [5.74, 6) is -1.57. The highest BCUT2D eigenvalue weighted by atomic mass is 32.2. The first-order chi connectivity index (χ1) is 12.5. The number of hydrogen-bond donors (Lipinski definition) is 2. The molecule has 3 heterocycles. The number of aromatic nitrogens is 1. The third-order valence-corrected chi connectivity index (χ3v) is 6.08. The minimum absolute atomic E-state index is 0.0264. The lowest BCUT2D eigenvalue weighted by molar-refractivity contribution is -0.158. The Balaban J connectivity index is 1.74. The fourth-order valence-corrected chi connectivity index (χ4v) is 4.86. The summed E-state index contributed by atoms with van der Waals surface area (Å²) in [6, 6.07) is 1.62. The number of aliphatic carboxylic acids is 1. The zero-order valence-corrected chi connectivity index (χ0v) is 15.0. The number of nitrogens with zero attached hydrogens (tertiary/aromatic N) is 2. The fraction of sp³-hybridized carbons (Fsp3) is 0.250. The summed E-state index contributed by atoms with van der Waals surface area (Å²) < 4.78 is 4.81. The second-order valence-electron chi connectivity index (χ2n) is 5.33. The molecule has 2 N–H and O–H groups in total. The van der Waals surface area contributed by atoms with Gasteiger partial charge in [0.25, 0.3) is 0 Å². The van der Waals surface area contributed by atoms with E-state index in [9.17, 15) is 19.5 Å². The lowest BCUT2D eigenvalue weighted by atomic mass is 10.0. The zero-order valence-electron chi connectivity index (χ0n) is 13.4. The van der Waals surface area contributed by atoms with Crippen molar-refractivity contribution in [1.29, 1.82) is 0 Å². The Hall–Kier alpha value is -2.46. The van der Waals surface area contributed by atoms with E-state index in [-0.39, 0.29) is 6.61 Å². The van der Waals surface area contributed by atoms with Crippen LogP contribution in [0.3, 0.4) is 0 Å². The molecule has 1 unspecified atom stereocenters. The zero-order chi connectivity index (χ0) is 18.7. The molecule has 136 valence electrons. The van der Waals surface area contributed by atoms with Gasteiger partial charge in [0.2, 0.25) is 5.91 Å². The van der Waals surface area contributed by atoms with Crippen molar-refractivity contribution in [2.45, 2.75) is 22.4 Å². The summed E-state index contributed by atoms with van der Waals surface area (Å²) in [6.45, 7) is 3.46. The second kappa shape index (κ2) is 7.83. The molecule has 8 nitrogen and oxygen atoms in total. The maximum Gasteiger partial charge on any atom is 0.408 e. The Kier molecular flexibility index (Phi) is 5.52. The Morgan fingerprint density at radius 3 is 2.85 bits per heavy atom. The summed E-state index contributed by atoms with van der Waals surface area (Å²) in [4.78, 5) is 42.4. The van der Waals surface area contributed by atoms with Crippen LogP contribution in [0.1, 0.15) is 0 Å². The highest BCUT2D eigenvalue weighted by Gasteiger charge is 2.56. The lowest BCUT2D eigenvalue weighted by Gasteiger charge is -2.51. The van der Waals surface area contributed by atoms with E-state index in [4.69, 9.17) is 4.74 Å².